The summed E-state index contributed by atoms with van der Waals surface area (Å²) in [4.78, 5) is 21.7. The summed E-state index contributed by atoms with van der Waals surface area (Å²) in [5.41, 5.74) is 3.19. The van der Waals surface area contributed by atoms with Crippen LogP contribution in [0.1, 0.15) is 44.9 Å². The molecule has 4 rings (SSSR count). The highest BCUT2D eigenvalue weighted by Gasteiger charge is 2.38. The van der Waals surface area contributed by atoms with E-state index >= 15 is 0 Å². The topological polar surface area (TPSA) is 89.1 Å². The molecule has 0 radical (unpaired) electrons. The number of benzene rings is 1. The fraction of sp³-hybridized carbons (Fsp3) is 0.310. The summed E-state index contributed by atoms with van der Waals surface area (Å²) >= 11 is 0. The van der Waals surface area contributed by atoms with E-state index in [0.29, 0.717) is 43.0 Å². The molecule has 3 heterocycles. The van der Waals surface area contributed by atoms with Gasteiger partial charge in [-0.25, -0.2) is 4.98 Å². The second-order valence-electron chi connectivity index (χ2n) is 9.27. The molecule has 8 nitrogen and oxygen atoms in total. The second kappa shape index (κ2) is 12.1. The van der Waals surface area contributed by atoms with Crippen LogP contribution in [0, 0.1) is 38.5 Å². The molecule has 0 spiro atoms. The Morgan fingerprint density at radius 2 is 1.85 bits per heavy atom. The van der Waals surface area contributed by atoms with E-state index in [-0.39, 0.29) is 23.7 Å². The number of rotatable bonds is 10. The van der Waals surface area contributed by atoms with Crippen molar-refractivity contribution in [2.24, 2.45) is 0 Å². The maximum absolute atomic E-state index is 13.8. The number of nitrogens with one attached hydrogen (secondary N) is 2. The van der Waals surface area contributed by atoms with Crippen molar-refractivity contribution in [1.82, 2.24) is 34.8 Å². The lowest BCUT2D eigenvalue weighted by Crippen LogP contribution is -2.28. The van der Waals surface area contributed by atoms with Crippen molar-refractivity contribution in [2.45, 2.75) is 39.4 Å². The number of halogens is 3. The van der Waals surface area contributed by atoms with E-state index in [4.69, 9.17) is 12.8 Å². The van der Waals surface area contributed by atoms with Crippen molar-refractivity contribution < 1.29 is 18.0 Å². The molecular formula is C29H28F3N7O. The van der Waals surface area contributed by atoms with Gasteiger partial charge in [-0.15, -0.1) is 12.8 Å². The van der Waals surface area contributed by atoms with E-state index in [9.17, 15) is 18.0 Å². The molecule has 0 fully saturated rings. The van der Waals surface area contributed by atoms with Gasteiger partial charge in [-0.05, 0) is 43.5 Å². The lowest BCUT2D eigenvalue weighted by molar-refractivity contribution is -0.141. The maximum atomic E-state index is 13.8. The number of aryl methyl sites for hydroxylation is 2. The molecule has 0 atom stereocenters. The Hall–Kier alpha value is -4.61. The Morgan fingerprint density at radius 3 is 2.52 bits per heavy atom. The number of hydrogen-bond acceptors (Lipinski definition) is 5. The largest absolute Gasteiger partial charge is 0.435 e. The zero-order valence-electron chi connectivity index (χ0n) is 22.1. The van der Waals surface area contributed by atoms with Gasteiger partial charge in [-0.2, -0.15) is 18.3 Å². The van der Waals surface area contributed by atoms with Crippen LogP contribution in [-0.2, 0) is 19.1 Å². The summed E-state index contributed by atoms with van der Waals surface area (Å²) in [6.45, 7) is 5.36. The van der Waals surface area contributed by atoms with E-state index in [1.54, 1.807) is 10.6 Å². The first-order valence-electron chi connectivity index (χ1n) is 12.6. The molecule has 2 N–H and O–H groups in total. The van der Waals surface area contributed by atoms with E-state index in [2.05, 4.69) is 37.5 Å². The third-order valence-electron chi connectivity index (χ3n) is 6.29. The molecule has 3 aromatic heterocycles. The molecule has 11 heteroatoms. The van der Waals surface area contributed by atoms with Crippen LogP contribution < -0.4 is 10.6 Å². The fourth-order valence-corrected chi connectivity index (χ4v) is 4.66. The van der Waals surface area contributed by atoms with Crippen molar-refractivity contribution >= 4 is 11.6 Å². The molecule has 0 saturated carbocycles. The number of amides is 1. The molecule has 0 aliphatic rings. The molecule has 0 aliphatic carbocycles. The van der Waals surface area contributed by atoms with E-state index in [1.807, 2.05) is 26.0 Å². The maximum Gasteiger partial charge on any atom is 0.435 e. The van der Waals surface area contributed by atoms with Crippen LogP contribution in [0.3, 0.4) is 0 Å². The zero-order chi connectivity index (χ0) is 28.9. The molecule has 1 amide bonds. The third kappa shape index (κ3) is 6.16. The Kier molecular flexibility index (Phi) is 8.56. The Morgan fingerprint density at radius 1 is 1.10 bits per heavy atom. The van der Waals surface area contributed by atoms with Gasteiger partial charge in [0.15, 0.2) is 11.3 Å². The average Bonchev–Trinajstić information content (AvgIpc) is 3.51. The number of imidazole rings is 1. The molecular weight excluding hydrogens is 519 g/mol. The normalized spacial score (nSPS) is 11.4. The van der Waals surface area contributed by atoms with Crippen LogP contribution in [-0.4, -0.2) is 49.7 Å². The summed E-state index contributed by atoms with van der Waals surface area (Å²) in [6, 6.07) is 3.83. The van der Waals surface area contributed by atoms with E-state index < -0.39 is 11.9 Å². The van der Waals surface area contributed by atoms with Crippen LogP contribution in [0.15, 0.2) is 36.9 Å². The van der Waals surface area contributed by atoms with Crippen LogP contribution >= 0.6 is 0 Å². The van der Waals surface area contributed by atoms with E-state index in [1.165, 1.54) is 18.6 Å². The summed E-state index contributed by atoms with van der Waals surface area (Å²) < 4.78 is 43.9. The monoisotopic (exact) mass is 547 g/mol. The van der Waals surface area contributed by atoms with Gasteiger partial charge in [0, 0.05) is 37.1 Å². The molecule has 206 valence electrons. The quantitative estimate of drug-likeness (QED) is 0.233. The van der Waals surface area contributed by atoms with Crippen LogP contribution in [0.4, 0.5) is 13.2 Å². The summed E-state index contributed by atoms with van der Waals surface area (Å²) in [5.74, 6) is 4.65. The van der Waals surface area contributed by atoms with Crippen molar-refractivity contribution in [1.29, 1.82) is 0 Å². The molecule has 0 unspecified atom stereocenters. The second-order valence-corrected chi connectivity index (χ2v) is 9.27. The Labute approximate surface area is 230 Å². The minimum Gasteiger partial charge on any atom is -0.352 e. The lowest BCUT2D eigenvalue weighted by atomic mass is 9.96. The van der Waals surface area contributed by atoms with E-state index in [0.717, 1.165) is 27.8 Å². The summed E-state index contributed by atoms with van der Waals surface area (Å²) in [7, 11) is 0. The van der Waals surface area contributed by atoms with Gasteiger partial charge < -0.3 is 10.6 Å². The van der Waals surface area contributed by atoms with Crippen LogP contribution in [0.5, 0.6) is 0 Å². The number of fused-ring (bicyclic) bond motifs is 1. The molecule has 0 aliphatic heterocycles. The predicted molar refractivity (Wildman–Crippen MR) is 145 cm³/mol. The van der Waals surface area contributed by atoms with Gasteiger partial charge in [-0.3, -0.25) is 18.9 Å². The predicted octanol–water partition coefficient (Wildman–Crippen LogP) is 3.80. The molecule has 1 aromatic carbocycles. The van der Waals surface area contributed by atoms with Gasteiger partial charge in [-0.1, -0.05) is 24.0 Å². The van der Waals surface area contributed by atoms with Crippen LogP contribution in [0.2, 0.25) is 0 Å². The molecule has 0 saturated heterocycles. The Balaban J connectivity index is 1.58. The highest BCUT2D eigenvalue weighted by Crippen LogP contribution is 2.36. The van der Waals surface area contributed by atoms with Crippen molar-refractivity contribution in [2.75, 3.05) is 19.6 Å². The average molecular weight is 548 g/mol. The molecule has 4 aromatic rings. The number of terminal acetylenes is 2. The zero-order valence-corrected chi connectivity index (χ0v) is 22.1. The Bertz CT molecular complexity index is 1600. The lowest BCUT2D eigenvalue weighted by Gasteiger charge is -2.13. The standard InChI is InChI=1S/C29H28F3N7O/c1-5-8-33-9-7-10-35-28(40)25-19(3)14-21(15-20(25)4)16-23-27-36-17-24(39(27)13-11-34-23)22-18-38(12-6-2)37-26(22)29(30,31)32/h1-2,11,13-15,17-18,33H,7-10,12,16H2,3-4H3,(H,35,40). The van der Waals surface area contributed by atoms with Gasteiger partial charge in [0.25, 0.3) is 5.91 Å². The minimum absolute atomic E-state index is 0.0942. The highest BCUT2D eigenvalue weighted by atomic mass is 19.4. The number of alkyl halides is 3. The van der Waals surface area contributed by atoms with Gasteiger partial charge in [0.2, 0.25) is 0 Å². The number of nitrogens with zero attached hydrogens (tertiary/aromatic N) is 5. The fourth-order valence-electron chi connectivity index (χ4n) is 4.66. The SMILES string of the molecule is C#CCNCCCNC(=O)c1c(C)cc(Cc2nccn3c(-c4cn(CC#C)nc4C(F)(F)F)cnc23)cc1C. The smallest absolute Gasteiger partial charge is 0.352 e. The van der Waals surface area contributed by atoms with Crippen molar-refractivity contribution in [3.8, 4) is 35.9 Å². The molecule has 0 bridgehead atoms. The van der Waals surface area contributed by atoms with Gasteiger partial charge in [0.05, 0.1) is 29.7 Å². The number of aromatic nitrogens is 5. The first kappa shape index (κ1) is 28.4. The minimum atomic E-state index is -4.67. The first-order valence-corrected chi connectivity index (χ1v) is 12.6. The number of carbonyl (C=O) groups is 1. The van der Waals surface area contributed by atoms with Crippen LogP contribution in [0.25, 0.3) is 16.9 Å². The van der Waals surface area contributed by atoms with Crippen molar-refractivity contribution in [3.05, 3.63) is 70.6 Å². The van der Waals surface area contributed by atoms with Gasteiger partial charge >= 0.3 is 6.18 Å². The van der Waals surface area contributed by atoms with Crippen molar-refractivity contribution in [3.63, 3.8) is 0 Å². The molecule has 40 heavy (non-hydrogen) atoms. The number of carbonyl (C=O) groups excluding carboxylic acids is 1. The summed E-state index contributed by atoms with van der Waals surface area (Å²) in [5, 5.41) is 9.67. The van der Waals surface area contributed by atoms with Gasteiger partial charge in [0.1, 0.15) is 6.54 Å². The number of hydrogen-bond donors (Lipinski definition) is 2. The first-order chi connectivity index (χ1) is 19.1. The summed E-state index contributed by atoms with van der Waals surface area (Å²) in [6.07, 6.45) is 12.7. The highest BCUT2D eigenvalue weighted by molar-refractivity contribution is 5.97. The third-order valence-corrected chi connectivity index (χ3v) is 6.29.